The quantitative estimate of drug-likeness (QED) is 0.109. The Morgan fingerprint density at radius 3 is 2.26 bits per heavy atom. The molecular weight excluding hydrogens is 758 g/mol. The lowest BCUT2D eigenvalue weighted by atomic mass is 9.45. The molecule has 1 saturated heterocycles. The number of rotatable bonds is 11. The maximum absolute atomic E-state index is 15.3. The molecule has 0 aromatic heterocycles. The van der Waals surface area contributed by atoms with E-state index in [1.807, 2.05) is 0 Å². The molecule has 4 N–H and O–H groups in total. The third-order valence-corrected chi connectivity index (χ3v) is 12.5. The van der Waals surface area contributed by atoms with E-state index in [0.717, 1.165) is 13.8 Å². The van der Waals surface area contributed by atoms with Crippen LogP contribution in [-0.4, -0.2) is 112 Å². The number of aliphatic hydroxyl groups is 3. The number of carbonyl (C=O) groups excluding carboxylic acids is 6. The zero-order chi connectivity index (χ0) is 43.1. The van der Waals surface area contributed by atoms with Crippen LogP contribution in [-0.2, 0) is 47.6 Å². The second-order valence-corrected chi connectivity index (χ2v) is 16.7. The Bertz CT molecular complexity index is 1890. The fourth-order valence-electron chi connectivity index (χ4n) is 9.37. The maximum atomic E-state index is 15.3. The average Bonchev–Trinajstić information content (AvgIpc) is 3.14. The van der Waals surface area contributed by atoms with Gasteiger partial charge in [-0.1, -0.05) is 52.8 Å². The molecule has 58 heavy (non-hydrogen) atoms. The average molecular weight is 812 g/mol. The summed E-state index contributed by atoms with van der Waals surface area (Å²) in [7, 11) is 0. The van der Waals surface area contributed by atoms with Gasteiger partial charge in [-0.3, -0.25) is 14.4 Å². The SMILES string of the molecule is C#CCCOC(=O)N[C@@H](C(C)C)[C@@H](O)C(=O)OC1C[C@@]2(O)[C@@H](OC(=O)c3ccccc3)[C@@H]3[C@]4(OC(C)=O)CO[C@@H]4C[C@H](O)[C@@]3(C)C(=O)C(OC(C)=O)=C(C1C)C2(C)C. The zero-order valence-electron chi connectivity index (χ0n) is 33.9. The molecule has 0 radical (unpaired) electrons. The Balaban J connectivity index is 1.71. The van der Waals surface area contributed by atoms with Gasteiger partial charge in [-0.2, -0.15) is 0 Å². The predicted molar refractivity (Wildman–Crippen MR) is 201 cm³/mol. The van der Waals surface area contributed by atoms with Gasteiger partial charge in [0, 0.05) is 44.4 Å². The molecule has 2 unspecified atom stereocenters. The normalized spacial score (nSPS) is 33.3. The Kier molecular flexibility index (Phi) is 12.6. The molecule has 1 aromatic rings. The molecule has 1 amide bonds. The third-order valence-electron chi connectivity index (χ3n) is 12.5. The number of amides is 1. The van der Waals surface area contributed by atoms with Crippen LogP contribution >= 0.6 is 0 Å². The van der Waals surface area contributed by atoms with Crippen LogP contribution in [0.25, 0.3) is 0 Å². The van der Waals surface area contributed by atoms with Crippen molar-refractivity contribution in [2.45, 2.75) is 122 Å². The number of hydrogen-bond acceptors (Lipinski definition) is 15. The van der Waals surface area contributed by atoms with E-state index < -0.39 is 124 Å². The van der Waals surface area contributed by atoms with E-state index in [1.165, 1.54) is 19.1 Å². The lowest BCUT2D eigenvalue weighted by Gasteiger charge is -2.67. The summed E-state index contributed by atoms with van der Waals surface area (Å²) in [5.74, 6) is -6.14. The molecule has 1 heterocycles. The number of terminal acetylenes is 1. The second-order valence-electron chi connectivity index (χ2n) is 16.7. The van der Waals surface area contributed by atoms with Gasteiger partial charge in [-0.15, -0.1) is 12.3 Å². The van der Waals surface area contributed by atoms with E-state index in [-0.39, 0.29) is 37.2 Å². The Morgan fingerprint density at radius 2 is 1.71 bits per heavy atom. The monoisotopic (exact) mass is 811 g/mol. The van der Waals surface area contributed by atoms with E-state index >= 15 is 4.79 Å². The number of esters is 4. The first-order valence-electron chi connectivity index (χ1n) is 19.3. The number of aliphatic hydroxyl groups excluding tert-OH is 2. The fourth-order valence-corrected chi connectivity index (χ4v) is 9.37. The van der Waals surface area contributed by atoms with E-state index in [9.17, 15) is 39.3 Å². The van der Waals surface area contributed by atoms with Crippen LogP contribution in [0.2, 0.25) is 0 Å². The van der Waals surface area contributed by atoms with E-state index in [4.69, 9.17) is 34.8 Å². The van der Waals surface area contributed by atoms with Gasteiger partial charge >= 0.3 is 30.0 Å². The van der Waals surface area contributed by atoms with E-state index in [1.54, 1.807) is 52.8 Å². The number of fused-ring (bicyclic) bond motifs is 5. The fraction of sp³-hybridized carbons (Fsp3) is 0.619. The van der Waals surface area contributed by atoms with Gasteiger partial charge in [-0.05, 0) is 30.5 Å². The van der Waals surface area contributed by atoms with Crippen molar-refractivity contribution < 1.29 is 72.5 Å². The molecular formula is C42H53NO15. The number of ether oxygens (including phenoxy) is 6. The zero-order valence-corrected chi connectivity index (χ0v) is 33.9. The van der Waals surface area contributed by atoms with Crippen molar-refractivity contribution in [1.29, 1.82) is 0 Å². The van der Waals surface area contributed by atoms with Gasteiger partial charge in [0.15, 0.2) is 17.5 Å². The highest BCUT2D eigenvalue weighted by Crippen LogP contribution is 2.65. The number of alkyl carbamates (subject to hydrolysis) is 1. The molecule has 3 fully saturated rings. The molecule has 2 bridgehead atoms. The van der Waals surface area contributed by atoms with Crippen molar-refractivity contribution in [3.05, 3.63) is 47.2 Å². The van der Waals surface area contributed by atoms with Crippen molar-refractivity contribution in [3.63, 3.8) is 0 Å². The molecule has 5 rings (SSSR count). The Labute approximate surface area is 336 Å². The van der Waals surface area contributed by atoms with E-state index in [2.05, 4.69) is 11.2 Å². The minimum absolute atomic E-state index is 0.00878. The minimum Gasteiger partial charge on any atom is -0.460 e. The highest BCUT2D eigenvalue weighted by Gasteiger charge is 2.78. The molecule has 2 saturated carbocycles. The van der Waals surface area contributed by atoms with Gasteiger partial charge in [-0.25, -0.2) is 14.4 Å². The highest BCUT2D eigenvalue weighted by atomic mass is 16.6. The van der Waals surface area contributed by atoms with Crippen molar-refractivity contribution >= 4 is 35.8 Å². The van der Waals surface area contributed by atoms with Gasteiger partial charge in [0.05, 0.1) is 35.6 Å². The molecule has 1 aliphatic heterocycles. The minimum atomic E-state index is -2.38. The van der Waals surface area contributed by atoms with Crippen LogP contribution < -0.4 is 5.32 Å². The number of ketones is 1. The first kappa shape index (κ1) is 44.3. The summed E-state index contributed by atoms with van der Waals surface area (Å²) in [4.78, 5) is 81.7. The summed E-state index contributed by atoms with van der Waals surface area (Å²) in [6, 6.07) is 6.57. The third kappa shape index (κ3) is 7.49. The van der Waals surface area contributed by atoms with Crippen molar-refractivity contribution in [1.82, 2.24) is 5.32 Å². The van der Waals surface area contributed by atoms with Crippen LogP contribution in [0, 0.1) is 40.9 Å². The highest BCUT2D eigenvalue weighted by molar-refractivity contribution is 6.02. The number of nitrogens with one attached hydrogen (secondary N) is 1. The van der Waals surface area contributed by atoms with Gasteiger partial charge in [0.2, 0.25) is 5.78 Å². The first-order valence-corrected chi connectivity index (χ1v) is 19.3. The Morgan fingerprint density at radius 1 is 1.05 bits per heavy atom. The molecule has 4 aliphatic rings. The van der Waals surface area contributed by atoms with Crippen LogP contribution in [0.4, 0.5) is 4.79 Å². The number of hydrogen-bond donors (Lipinski definition) is 4. The first-order chi connectivity index (χ1) is 27.1. The number of Topliss-reactive ketones (excluding diaryl/α,β-unsaturated/α-hetero) is 1. The predicted octanol–water partition coefficient (Wildman–Crippen LogP) is 2.54. The summed E-state index contributed by atoms with van der Waals surface area (Å²) >= 11 is 0. The van der Waals surface area contributed by atoms with Gasteiger partial charge < -0.3 is 49.1 Å². The summed E-state index contributed by atoms with van der Waals surface area (Å²) in [5, 5.41) is 39.3. The molecule has 16 nitrogen and oxygen atoms in total. The second kappa shape index (κ2) is 16.4. The van der Waals surface area contributed by atoms with Crippen molar-refractivity contribution in [3.8, 4) is 12.3 Å². The van der Waals surface area contributed by atoms with Crippen LogP contribution in [0.1, 0.15) is 85.0 Å². The standard InChI is InChI=1S/C42H53NO15/c1-10-11-17-53-38(51)43-30(21(2)3)31(47)37(50)56-26-19-42(52)35(57-36(49)25-15-13-12-14-16-25)33-40(9,27(46)18-28-41(33,20-54-28)58-24(6)45)34(48)32(55-23(5)44)29(22(26)4)39(42,7)8/h1,12-16,21-22,26-28,30-31,33,35,46-47,52H,11,17-20H2,2-9H3,(H,43,51)/t22?,26?,27-,28+,30-,31+,33-,35-,40+,41-,42+/m0/s1. The molecule has 16 heteroatoms. The number of benzene rings is 1. The van der Waals surface area contributed by atoms with Gasteiger partial charge in [0.25, 0.3) is 0 Å². The number of allylic oxidation sites excluding steroid dienone is 1. The smallest absolute Gasteiger partial charge is 0.407 e. The molecule has 3 aliphatic carbocycles. The summed E-state index contributed by atoms with van der Waals surface area (Å²) in [6.07, 6.45) is -4.13. The largest absolute Gasteiger partial charge is 0.460 e. The van der Waals surface area contributed by atoms with E-state index in [0.29, 0.717) is 0 Å². The lowest BCUT2D eigenvalue weighted by molar-refractivity contribution is -0.345. The maximum Gasteiger partial charge on any atom is 0.407 e. The summed E-state index contributed by atoms with van der Waals surface area (Å²) in [5.41, 5.74) is -7.82. The van der Waals surface area contributed by atoms with Crippen molar-refractivity contribution in [2.75, 3.05) is 13.2 Å². The van der Waals surface area contributed by atoms with Crippen LogP contribution in [0.5, 0.6) is 0 Å². The topological polar surface area (TPSA) is 231 Å². The Hall–Kier alpha value is -4.82. The lowest BCUT2D eigenvalue weighted by Crippen LogP contribution is -2.81. The molecule has 316 valence electrons. The molecule has 1 aromatic carbocycles. The molecule has 0 spiro atoms. The summed E-state index contributed by atoms with van der Waals surface area (Å²) in [6.45, 7) is 11.1. The summed E-state index contributed by atoms with van der Waals surface area (Å²) < 4.78 is 34.9. The van der Waals surface area contributed by atoms with Crippen LogP contribution in [0.3, 0.4) is 0 Å². The number of carbonyl (C=O) groups is 6. The molecule has 11 atom stereocenters. The van der Waals surface area contributed by atoms with Crippen molar-refractivity contribution in [2.24, 2.45) is 28.6 Å². The van der Waals surface area contributed by atoms with Crippen LogP contribution in [0.15, 0.2) is 41.7 Å². The van der Waals surface area contributed by atoms with Gasteiger partial charge in [0.1, 0.15) is 30.5 Å².